The van der Waals surface area contributed by atoms with Gasteiger partial charge in [0.2, 0.25) is 5.88 Å². The van der Waals surface area contributed by atoms with E-state index in [0.29, 0.717) is 16.5 Å². The Balaban J connectivity index is 2.16. The van der Waals surface area contributed by atoms with Crippen molar-refractivity contribution in [3.8, 4) is 17.6 Å². The minimum Gasteiger partial charge on any atom is -0.507 e. The molecule has 0 fully saturated rings. The first-order valence-corrected chi connectivity index (χ1v) is 8.83. The first kappa shape index (κ1) is 17.2. The second-order valence-corrected chi connectivity index (χ2v) is 7.16. The van der Waals surface area contributed by atoms with Crippen molar-refractivity contribution in [3.63, 3.8) is 0 Å². The highest BCUT2D eigenvalue weighted by Crippen LogP contribution is 2.48. The minimum atomic E-state index is -0.607. The van der Waals surface area contributed by atoms with Gasteiger partial charge in [0.05, 0.1) is 16.9 Å². The molecule has 6 nitrogen and oxygen atoms in total. The molecule has 0 spiro atoms. The van der Waals surface area contributed by atoms with E-state index in [1.807, 2.05) is 24.3 Å². The number of nitriles is 1. The van der Waals surface area contributed by atoms with Crippen LogP contribution in [-0.4, -0.2) is 5.11 Å². The van der Waals surface area contributed by atoms with Gasteiger partial charge in [-0.1, -0.05) is 28.1 Å². The van der Waals surface area contributed by atoms with Gasteiger partial charge in [-0.3, -0.25) is 0 Å². The van der Waals surface area contributed by atoms with Crippen molar-refractivity contribution in [2.75, 3.05) is 0 Å². The summed E-state index contributed by atoms with van der Waals surface area (Å²) >= 11 is 3.44. The van der Waals surface area contributed by atoms with Crippen LogP contribution < -0.4 is 16.1 Å². The molecule has 0 saturated heterocycles. The van der Waals surface area contributed by atoms with Gasteiger partial charge in [0.15, 0.2) is 0 Å². The smallest absolute Gasteiger partial charge is 0.336 e. The fourth-order valence-corrected chi connectivity index (χ4v) is 3.88. The number of halogens is 1. The molecule has 1 atom stereocenters. The molecule has 0 saturated carbocycles. The Morgan fingerprint density at radius 1 is 1.30 bits per heavy atom. The van der Waals surface area contributed by atoms with E-state index >= 15 is 0 Å². The molecule has 2 heterocycles. The Bertz CT molecular complexity index is 1240. The number of nitrogens with two attached hydrogens (primary N) is 1. The number of phenols is 1. The maximum atomic E-state index is 12.0. The van der Waals surface area contributed by atoms with Gasteiger partial charge in [-0.15, -0.1) is 0 Å². The zero-order valence-electron chi connectivity index (χ0n) is 14.1. The molecule has 4 rings (SSSR count). The molecule has 3 N–H and O–H groups in total. The van der Waals surface area contributed by atoms with Crippen LogP contribution in [0.3, 0.4) is 0 Å². The van der Waals surface area contributed by atoms with E-state index in [4.69, 9.17) is 14.9 Å². The summed E-state index contributed by atoms with van der Waals surface area (Å²) in [5.74, 6) is -0.505. The van der Waals surface area contributed by atoms with Gasteiger partial charge in [-0.25, -0.2) is 4.79 Å². The summed E-state index contributed by atoms with van der Waals surface area (Å²) in [6.45, 7) is 1.71. The lowest BCUT2D eigenvalue weighted by Crippen LogP contribution is -2.21. The highest BCUT2D eigenvalue weighted by Gasteiger charge is 2.34. The summed E-state index contributed by atoms with van der Waals surface area (Å²) in [5, 5.41) is 20.5. The van der Waals surface area contributed by atoms with Crippen LogP contribution in [0, 0.1) is 18.3 Å². The molecule has 134 valence electrons. The standard InChI is InChI=1S/C20H13BrN2O4/c1-9-5-15(25)27-19-16(9)13(24)7-14-18(19)17(12(8-22)20(23)26-14)10-3-2-4-11(21)6-10/h2-7,17,24H,23H2,1H3. The fourth-order valence-electron chi connectivity index (χ4n) is 3.46. The highest BCUT2D eigenvalue weighted by molar-refractivity contribution is 9.10. The predicted octanol–water partition coefficient (Wildman–Crippen LogP) is 3.79. The van der Waals surface area contributed by atoms with Crippen molar-refractivity contribution in [3.05, 3.63) is 79.4 Å². The van der Waals surface area contributed by atoms with Gasteiger partial charge in [-0.05, 0) is 30.2 Å². The van der Waals surface area contributed by atoms with Crippen LogP contribution in [0.4, 0.5) is 0 Å². The molecule has 1 aliphatic rings. The highest BCUT2D eigenvalue weighted by atomic mass is 79.9. The number of rotatable bonds is 1. The molecule has 27 heavy (non-hydrogen) atoms. The van der Waals surface area contributed by atoms with E-state index in [2.05, 4.69) is 22.0 Å². The number of allylic oxidation sites excluding steroid dienone is 1. The molecular formula is C20H13BrN2O4. The number of hydrogen-bond acceptors (Lipinski definition) is 6. The summed E-state index contributed by atoms with van der Waals surface area (Å²) in [4.78, 5) is 12.0. The Morgan fingerprint density at radius 2 is 2.07 bits per heavy atom. The monoisotopic (exact) mass is 424 g/mol. The zero-order chi connectivity index (χ0) is 19.3. The van der Waals surface area contributed by atoms with Gasteiger partial charge in [0.1, 0.15) is 28.7 Å². The van der Waals surface area contributed by atoms with E-state index in [1.165, 1.54) is 12.1 Å². The lowest BCUT2D eigenvalue weighted by molar-refractivity contribution is 0.387. The summed E-state index contributed by atoms with van der Waals surface area (Å²) in [7, 11) is 0. The summed E-state index contributed by atoms with van der Waals surface area (Å²) < 4.78 is 11.9. The van der Waals surface area contributed by atoms with Gasteiger partial charge in [0.25, 0.3) is 0 Å². The number of phenolic OH excluding ortho intramolecular Hbond substituents is 1. The largest absolute Gasteiger partial charge is 0.507 e. The van der Waals surface area contributed by atoms with E-state index in [-0.39, 0.29) is 28.5 Å². The van der Waals surface area contributed by atoms with Crippen molar-refractivity contribution in [2.45, 2.75) is 12.8 Å². The van der Waals surface area contributed by atoms with Crippen molar-refractivity contribution in [2.24, 2.45) is 5.73 Å². The van der Waals surface area contributed by atoms with Crippen molar-refractivity contribution >= 4 is 26.9 Å². The van der Waals surface area contributed by atoms with Crippen LogP contribution in [-0.2, 0) is 0 Å². The van der Waals surface area contributed by atoms with Crippen molar-refractivity contribution < 1.29 is 14.3 Å². The Morgan fingerprint density at radius 3 is 2.78 bits per heavy atom. The van der Waals surface area contributed by atoms with E-state index < -0.39 is 11.5 Å². The first-order valence-electron chi connectivity index (χ1n) is 8.04. The number of ether oxygens (including phenoxy) is 1. The fraction of sp³-hybridized carbons (Fsp3) is 0.100. The third-order valence-corrected chi connectivity index (χ3v) is 5.05. The second-order valence-electron chi connectivity index (χ2n) is 6.24. The van der Waals surface area contributed by atoms with Gasteiger partial charge in [0, 0.05) is 16.6 Å². The number of aromatic hydroxyl groups is 1. The quantitative estimate of drug-likeness (QED) is 0.575. The molecule has 1 aliphatic heterocycles. The van der Waals surface area contributed by atoms with Crippen LogP contribution in [0.15, 0.2) is 61.5 Å². The van der Waals surface area contributed by atoms with Crippen molar-refractivity contribution in [1.82, 2.24) is 0 Å². The number of nitrogens with zero attached hydrogens (tertiary/aromatic N) is 1. The van der Waals surface area contributed by atoms with Crippen molar-refractivity contribution in [1.29, 1.82) is 5.26 Å². The summed E-state index contributed by atoms with van der Waals surface area (Å²) in [6, 6.07) is 12.2. The van der Waals surface area contributed by atoms with E-state index in [1.54, 1.807) is 6.92 Å². The minimum absolute atomic E-state index is 0.0521. The normalized spacial score (nSPS) is 16.0. The molecule has 0 aliphatic carbocycles. The molecule has 0 bridgehead atoms. The van der Waals surface area contributed by atoms with Gasteiger partial charge < -0.3 is 20.0 Å². The molecule has 1 unspecified atom stereocenters. The zero-order valence-corrected chi connectivity index (χ0v) is 15.7. The van der Waals surface area contributed by atoms with Gasteiger partial charge >= 0.3 is 5.63 Å². The molecule has 7 heteroatoms. The molecule has 2 aromatic carbocycles. The van der Waals surface area contributed by atoms with Crippen LogP contribution in [0.5, 0.6) is 11.5 Å². The predicted molar refractivity (Wildman–Crippen MR) is 102 cm³/mol. The molecular weight excluding hydrogens is 412 g/mol. The van der Waals surface area contributed by atoms with Gasteiger partial charge in [-0.2, -0.15) is 5.26 Å². The Kier molecular flexibility index (Phi) is 3.93. The average molecular weight is 425 g/mol. The number of hydrogen-bond donors (Lipinski definition) is 2. The van der Waals surface area contributed by atoms with E-state index in [9.17, 15) is 15.2 Å². The first-order chi connectivity index (χ1) is 12.9. The maximum absolute atomic E-state index is 12.0. The Hall–Kier alpha value is -3.24. The van der Waals surface area contributed by atoms with Crippen LogP contribution in [0.25, 0.3) is 11.0 Å². The third kappa shape index (κ3) is 2.66. The number of benzene rings is 2. The summed E-state index contributed by atoms with van der Waals surface area (Å²) in [5.41, 5.74) is 7.62. The third-order valence-electron chi connectivity index (χ3n) is 4.56. The molecule has 1 aromatic heterocycles. The van der Waals surface area contributed by atoms with Crippen LogP contribution in [0.1, 0.15) is 22.6 Å². The Labute approximate surface area is 162 Å². The molecule has 0 radical (unpaired) electrons. The topological polar surface area (TPSA) is 109 Å². The van der Waals surface area contributed by atoms with Crippen LogP contribution in [0.2, 0.25) is 0 Å². The van der Waals surface area contributed by atoms with E-state index in [0.717, 1.165) is 10.0 Å². The molecule has 3 aromatic rings. The average Bonchev–Trinajstić information content (AvgIpc) is 2.59. The SMILES string of the molecule is Cc1cc(=O)oc2c3c(cc(O)c12)OC(N)=C(C#N)C3c1cccc(Br)c1. The number of aryl methyl sites for hydroxylation is 1. The second kappa shape index (κ2) is 6.18. The molecule has 0 amide bonds. The summed E-state index contributed by atoms with van der Waals surface area (Å²) in [6.07, 6.45) is 0. The maximum Gasteiger partial charge on any atom is 0.336 e. The lowest BCUT2D eigenvalue weighted by Gasteiger charge is -2.27. The number of fused-ring (bicyclic) bond motifs is 3. The van der Waals surface area contributed by atoms with Crippen LogP contribution >= 0.6 is 15.9 Å². The lowest BCUT2D eigenvalue weighted by atomic mass is 9.82.